The maximum absolute atomic E-state index is 12.2. The van der Waals surface area contributed by atoms with Crippen LogP contribution in [-0.4, -0.2) is 36.1 Å². The van der Waals surface area contributed by atoms with Crippen LogP contribution in [0.1, 0.15) is 35.7 Å². The van der Waals surface area contributed by atoms with E-state index < -0.39 is 0 Å². The molecule has 2 atom stereocenters. The molecular formula is C17H21NO2. The molecule has 0 spiro atoms. The molecule has 1 aliphatic rings. The van der Waals surface area contributed by atoms with E-state index in [1.165, 1.54) is 6.42 Å². The summed E-state index contributed by atoms with van der Waals surface area (Å²) in [6, 6.07) is 7.34. The van der Waals surface area contributed by atoms with Crippen molar-refractivity contribution in [1.82, 2.24) is 4.90 Å². The second-order valence-corrected chi connectivity index (χ2v) is 5.51. The van der Waals surface area contributed by atoms with Crippen molar-refractivity contribution in [2.45, 2.75) is 19.8 Å². The molecule has 1 N–H and O–H groups in total. The zero-order valence-electron chi connectivity index (χ0n) is 12.1. The Hall–Kier alpha value is -1.79. The molecule has 0 radical (unpaired) electrons. The van der Waals surface area contributed by atoms with Crippen LogP contribution < -0.4 is 0 Å². The molecule has 2 unspecified atom stereocenters. The van der Waals surface area contributed by atoms with Crippen LogP contribution in [0.2, 0.25) is 0 Å². The second-order valence-electron chi connectivity index (χ2n) is 5.51. The first kappa shape index (κ1) is 14.6. The average molecular weight is 271 g/mol. The minimum Gasteiger partial charge on any atom is -0.395 e. The third kappa shape index (κ3) is 3.85. The monoisotopic (exact) mass is 271 g/mol. The number of hydrogen-bond donors (Lipinski definition) is 1. The van der Waals surface area contributed by atoms with Gasteiger partial charge in [0.2, 0.25) is 0 Å². The largest absolute Gasteiger partial charge is 0.395 e. The van der Waals surface area contributed by atoms with E-state index in [4.69, 9.17) is 5.11 Å². The van der Waals surface area contributed by atoms with Gasteiger partial charge in [-0.3, -0.25) is 4.79 Å². The number of aliphatic hydroxyl groups excluding tert-OH is 1. The fourth-order valence-corrected chi connectivity index (χ4v) is 2.23. The number of benzene rings is 1. The molecule has 0 heterocycles. The highest BCUT2D eigenvalue weighted by Gasteiger charge is 2.34. The standard InChI is InChI=1S/C17H21NO2/c1-13-11-16(13)12-18(2)17(20)15-8-6-14(7-9-15)5-3-4-10-19/h6-9,13,16,19H,4,10-12H2,1-2H3. The van der Waals surface area contributed by atoms with Crippen molar-refractivity contribution < 1.29 is 9.90 Å². The Labute approximate surface area is 120 Å². The highest BCUT2D eigenvalue weighted by atomic mass is 16.2. The third-order valence-corrected chi connectivity index (χ3v) is 3.73. The number of rotatable bonds is 4. The van der Waals surface area contributed by atoms with Crippen LogP contribution in [0.15, 0.2) is 24.3 Å². The number of amides is 1. The van der Waals surface area contributed by atoms with Crippen LogP contribution in [-0.2, 0) is 0 Å². The highest BCUT2D eigenvalue weighted by molar-refractivity contribution is 5.94. The van der Waals surface area contributed by atoms with Crippen molar-refractivity contribution in [3.05, 3.63) is 35.4 Å². The maximum Gasteiger partial charge on any atom is 0.253 e. The van der Waals surface area contributed by atoms with Crippen molar-refractivity contribution >= 4 is 5.91 Å². The van der Waals surface area contributed by atoms with E-state index in [1.807, 2.05) is 31.3 Å². The van der Waals surface area contributed by atoms with Gasteiger partial charge in [-0.2, -0.15) is 0 Å². The molecular weight excluding hydrogens is 250 g/mol. The van der Waals surface area contributed by atoms with Crippen molar-refractivity contribution in [2.75, 3.05) is 20.2 Å². The molecule has 0 saturated heterocycles. The fourth-order valence-electron chi connectivity index (χ4n) is 2.23. The van der Waals surface area contributed by atoms with Crippen LogP contribution >= 0.6 is 0 Å². The molecule has 1 aliphatic carbocycles. The summed E-state index contributed by atoms with van der Waals surface area (Å²) in [7, 11) is 1.86. The van der Waals surface area contributed by atoms with E-state index in [0.717, 1.165) is 18.0 Å². The number of carbonyl (C=O) groups is 1. The Balaban J connectivity index is 1.95. The topological polar surface area (TPSA) is 40.5 Å². The number of hydrogen-bond acceptors (Lipinski definition) is 2. The Kier molecular flexibility index (Phi) is 4.81. The molecule has 0 aromatic heterocycles. The van der Waals surface area contributed by atoms with E-state index in [-0.39, 0.29) is 12.5 Å². The Morgan fingerprint density at radius 1 is 1.40 bits per heavy atom. The Morgan fingerprint density at radius 3 is 2.60 bits per heavy atom. The van der Waals surface area contributed by atoms with Crippen LogP contribution in [0.3, 0.4) is 0 Å². The molecule has 1 aromatic carbocycles. The summed E-state index contributed by atoms with van der Waals surface area (Å²) >= 11 is 0. The molecule has 0 bridgehead atoms. The Morgan fingerprint density at radius 2 is 2.05 bits per heavy atom. The average Bonchev–Trinajstić information content (AvgIpc) is 3.14. The molecule has 106 valence electrons. The molecule has 1 aromatic rings. The second kappa shape index (κ2) is 6.58. The number of carbonyl (C=O) groups excluding carboxylic acids is 1. The minimum absolute atomic E-state index is 0.0685. The normalized spacial score (nSPS) is 19.9. The smallest absolute Gasteiger partial charge is 0.253 e. The SMILES string of the molecule is CC1CC1CN(C)C(=O)c1ccc(C#CCCO)cc1. The van der Waals surface area contributed by atoms with Gasteiger partial charge in [0.15, 0.2) is 0 Å². The van der Waals surface area contributed by atoms with Crippen LogP contribution in [0, 0.1) is 23.7 Å². The van der Waals surface area contributed by atoms with Gasteiger partial charge in [0.1, 0.15) is 0 Å². The lowest BCUT2D eigenvalue weighted by molar-refractivity contribution is 0.0787. The van der Waals surface area contributed by atoms with Gasteiger partial charge in [-0.25, -0.2) is 0 Å². The van der Waals surface area contributed by atoms with Gasteiger partial charge in [0.25, 0.3) is 5.91 Å². The molecule has 20 heavy (non-hydrogen) atoms. The van der Waals surface area contributed by atoms with E-state index in [1.54, 1.807) is 4.90 Å². The lowest BCUT2D eigenvalue weighted by Gasteiger charge is -2.17. The van der Waals surface area contributed by atoms with Gasteiger partial charge in [0, 0.05) is 31.1 Å². The van der Waals surface area contributed by atoms with Crippen molar-refractivity contribution in [1.29, 1.82) is 0 Å². The number of aliphatic hydroxyl groups is 1. The first-order chi connectivity index (χ1) is 9.61. The summed E-state index contributed by atoms with van der Waals surface area (Å²) in [5, 5.41) is 8.67. The van der Waals surface area contributed by atoms with Crippen molar-refractivity contribution in [2.24, 2.45) is 11.8 Å². The molecule has 3 heteroatoms. The summed E-state index contributed by atoms with van der Waals surface area (Å²) in [5.74, 6) is 7.32. The first-order valence-corrected chi connectivity index (χ1v) is 7.07. The van der Waals surface area contributed by atoms with Gasteiger partial charge in [-0.15, -0.1) is 0 Å². The van der Waals surface area contributed by atoms with Crippen molar-refractivity contribution in [3.63, 3.8) is 0 Å². The highest BCUT2D eigenvalue weighted by Crippen LogP contribution is 2.38. The summed E-state index contributed by atoms with van der Waals surface area (Å²) in [6.45, 7) is 3.15. The molecule has 3 nitrogen and oxygen atoms in total. The summed E-state index contributed by atoms with van der Waals surface area (Å²) in [5.41, 5.74) is 1.57. The quantitative estimate of drug-likeness (QED) is 0.852. The predicted octanol–water partition coefficient (Wildman–Crippen LogP) is 2.15. The minimum atomic E-state index is 0.0685. The summed E-state index contributed by atoms with van der Waals surface area (Å²) in [4.78, 5) is 14.0. The molecule has 1 amide bonds. The summed E-state index contributed by atoms with van der Waals surface area (Å²) in [6.07, 6.45) is 1.71. The van der Waals surface area contributed by atoms with E-state index in [2.05, 4.69) is 18.8 Å². The van der Waals surface area contributed by atoms with Crippen LogP contribution in [0.25, 0.3) is 0 Å². The fraction of sp³-hybridized carbons (Fsp3) is 0.471. The van der Waals surface area contributed by atoms with E-state index in [9.17, 15) is 4.79 Å². The van der Waals surface area contributed by atoms with Crippen LogP contribution in [0.4, 0.5) is 0 Å². The molecule has 0 aliphatic heterocycles. The zero-order chi connectivity index (χ0) is 14.5. The lowest BCUT2D eigenvalue weighted by Crippen LogP contribution is -2.29. The van der Waals surface area contributed by atoms with Gasteiger partial charge in [-0.1, -0.05) is 18.8 Å². The van der Waals surface area contributed by atoms with Crippen molar-refractivity contribution in [3.8, 4) is 11.8 Å². The summed E-state index contributed by atoms with van der Waals surface area (Å²) < 4.78 is 0. The van der Waals surface area contributed by atoms with Gasteiger partial charge in [0.05, 0.1) is 6.61 Å². The molecule has 1 fully saturated rings. The molecule has 1 saturated carbocycles. The molecule has 2 rings (SSSR count). The third-order valence-electron chi connectivity index (χ3n) is 3.73. The van der Waals surface area contributed by atoms with Gasteiger partial charge < -0.3 is 10.0 Å². The zero-order valence-corrected chi connectivity index (χ0v) is 12.1. The first-order valence-electron chi connectivity index (χ1n) is 7.07. The van der Waals surface area contributed by atoms with E-state index >= 15 is 0 Å². The van der Waals surface area contributed by atoms with Crippen LogP contribution in [0.5, 0.6) is 0 Å². The van der Waals surface area contributed by atoms with Gasteiger partial charge in [-0.05, 0) is 42.5 Å². The number of nitrogens with zero attached hydrogens (tertiary/aromatic N) is 1. The predicted molar refractivity (Wildman–Crippen MR) is 79.3 cm³/mol. The lowest BCUT2D eigenvalue weighted by atomic mass is 10.1. The van der Waals surface area contributed by atoms with Gasteiger partial charge >= 0.3 is 0 Å². The maximum atomic E-state index is 12.2. The van der Waals surface area contributed by atoms with E-state index in [0.29, 0.717) is 17.9 Å². The Bertz CT molecular complexity index is 524.